The number of carboxylic acids is 1. The minimum Gasteiger partial charge on any atom is -0.475 e. The molecule has 2 aliphatic rings. The molecular weight excluding hydrogens is 377 g/mol. The number of halogens is 3. The highest BCUT2D eigenvalue weighted by Crippen LogP contribution is 2.36. The molecule has 28 heavy (non-hydrogen) atoms. The number of carboxylic acid groups (broad SMARTS) is 1. The molecule has 0 amide bonds. The van der Waals surface area contributed by atoms with Crippen molar-refractivity contribution in [2.45, 2.75) is 43.7 Å². The van der Waals surface area contributed by atoms with Gasteiger partial charge in [-0.25, -0.2) is 4.79 Å². The zero-order chi connectivity index (χ0) is 20.6. The average molecular weight is 402 g/mol. The summed E-state index contributed by atoms with van der Waals surface area (Å²) in [6.45, 7) is 8.05. The van der Waals surface area contributed by atoms with Crippen LogP contribution in [0.4, 0.5) is 13.2 Å². The van der Waals surface area contributed by atoms with Gasteiger partial charge in [0, 0.05) is 25.7 Å². The van der Waals surface area contributed by atoms with Crippen LogP contribution in [0.25, 0.3) is 0 Å². The molecule has 2 aliphatic heterocycles. The number of nitrogens with zero attached hydrogens (tertiary/aromatic N) is 2. The molecule has 0 saturated carbocycles. The Hall–Kier alpha value is -1.97. The number of piperidine rings is 1. The van der Waals surface area contributed by atoms with Crippen molar-refractivity contribution in [3.63, 3.8) is 0 Å². The van der Waals surface area contributed by atoms with Crippen LogP contribution in [-0.4, -0.2) is 65.1 Å². The van der Waals surface area contributed by atoms with E-state index in [2.05, 4.69) is 22.5 Å². The predicted octanol–water partition coefficient (Wildman–Crippen LogP) is 3.04. The summed E-state index contributed by atoms with van der Waals surface area (Å²) in [5, 5.41) is 7.12. The van der Waals surface area contributed by atoms with Gasteiger partial charge in [0.2, 0.25) is 0 Å². The van der Waals surface area contributed by atoms with Gasteiger partial charge in [-0.2, -0.15) is 13.2 Å². The first-order valence-corrected chi connectivity index (χ1v) is 9.03. The lowest BCUT2D eigenvalue weighted by Crippen LogP contribution is -2.47. The maximum absolute atomic E-state index is 10.6. The van der Waals surface area contributed by atoms with Gasteiger partial charge in [-0.05, 0) is 31.5 Å². The lowest BCUT2D eigenvalue weighted by atomic mass is 9.89. The number of rotatable bonds is 5. The Morgan fingerprint density at radius 2 is 2.25 bits per heavy atom. The van der Waals surface area contributed by atoms with E-state index >= 15 is 0 Å². The molecular formula is C19H25F3N2O4. The monoisotopic (exact) mass is 402 g/mol. The molecule has 1 spiro atoms. The molecule has 9 heteroatoms. The van der Waals surface area contributed by atoms with E-state index in [1.54, 1.807) is 6.08 Å². The summed E-state index contributed by atoms with van der Waals surface area (Å²) in [7, 11) is 0. The number of hydrogen-bond donors (Lipinski definition) is 1. The van der Waals surface area contributed by atoms with Gasteiger partial charge in [0.05, 0.1) is 30.6 Å². The first-order valence-electron chi connectivity index (χ1n) is 9.03. The van der Waals surface area contributed by atoms with Crippen molar-refractivity contribution in [3.05, 3.63) is 42.7 Å². The molecule has 1 N–H and O–H groups in total. The highest BCUT2D eigenvalue weighted by molar-refractivity contribution is 5.73. The maximum atomic E-state index is 10.6. The molecule has 156 valence electrons. The number of carbonyl (C=O) groups is 1. The molecule has 3 heterocycles. The van der Waals surface area contributed by atoms with Crippen LogP contribution in [0, 0.1) is 0 Å². The second kappa shape index (κ2) is 9.99. The summed E-state index contributed by atoms with van der Waals surface area (Å²) in [6.07, 6.45) is 2.12. The molecule has 0 radical (unpaired) electrons. The standard InChI is InChI=1S/C17H24N2O2.C2HF3O2/c1-2-10-20-16-11-17(21-13-16)7-5-9-19(14-17)12-15-6-3-4-8-18-15;3-2(4,5)1(6)7/h2-4,6,8,16H,1,5,7,9-14H2;(H,6,7). The molecule has 2 fully saturated rings. The number of hydrogen-bond acceptors (Lipinski definition) is 5. The summed E-state index contributed by atoms with van der Waals surface area (Å²) in [5.74, 6) is -2.76. The van der Waals surface area contributed by atoms with Gasteiger partial charge in [-0.15, -0.1) is 6.58 Å². The minimum absolute atomic E-state index is 0.0150. The third-order valence-corrected chi connectivity index (χ3v) is 4.60. The van der Waals surface area contributed by atoms with E-state index in [-0.39, 0.29) is 11.7 Å². The first kappa shape index (κ1) is 22.3. The van der Waals surface area contributed by atoms with Gasteiger partial charge in [0.1, 0.15) is 0 Å². The van der Waals surface area contributed by atoms with Crippen molar-refractivity contribution in [2.75, 3.05) is 26.3 Å². The number of likely N-dealkylation sites (tertiary alicyclic amines) is 1. The van der Waals surface area contributed by atoms with Crippen molar-refractivity contribution >= 4 is 5.97 Å². The molecule has 6 nitrogen and oxygen atoms in total. The van der Waals surface area contributed by atoms with Crippen molar-refractivity contribution in [1.82, 2.24) is 9.88 Å². The second-order valence-electron chi connectivity index (χ2n) is 6.88. The van der Waals surface area contributed by atoms with E-state index in [0.29, 0.717) is 13.2 Å². The summed E-state index contributed by atoms with van der Waals surface area (Å²) >= 11 is 0. The van der Waals surface area contributed by atoms with Crippen LogP contribution in [0.15, 0.2) is 37.1 Å². The smallest absolute Gasteiger partial charge is 0.475 e. The fourth-order valence-electron chi connectivity index (χ4n) is 3.44. The third-order valence-electron chi connectivity index (χ3n) is 4.60. The molecule has 3 rings (SSSR count). The van der Waals surface area contributed by atoms with Crippen molar-refractivity contribution in [3.8, 4) is 0 Å². The highest BCUT2D eigenvalue weighted by atomic mass is 19.4. The van der Waals surface area contributed by atoms with Gasteiger partial charge in [-0.1, -0.05) is 12.1 Å². The van der Waals surface area contributed by atoms with E-state index in [1.165, 1.54) is 6.42 Å². The van der Waals surface area contributed by atoms with Gasteiger partial charge >= 0.3 is 12.1 Å². The van der Waals surface area contributed by atoms with Crippen LogP contribution < -0.4 is 0 Å². The van der Waals surface area contributed by atoms with E-state index < -0.39 is 12.1 Å². The largest absolute Gasteiger partial charge is 0.490 e. The number of alkyl halides is 3. The lowest BCUT2D eigenvalue weighted by Gasteiger charge is -2.39. The van der Waals surface area contributed by atoms with E-state index in [4.69, 9.17) is 19.4 Å². The van der Waals surface area contributed by atoms with Crippen molar-refractivity contribution in [1.29, 1.82) is 0 Å². The molecule has 1 aromatic rings. The summed E-state index contributed by atoms with van der Waals surface area (Å²) in [4.78, 5) is 15.8. The van der Waals surface area contributed by atoms with Crippen molar-refractivity contribution in [2.24, 2.45) is 0 Å². The molecule has 0 bridgehead atoms. The molecule has 2 unspecified atom stereocenters. The Morgan fingerprint density at radius 1 is 1.50 bits per heavy atom. The van der Waals surface area contributed by atoms with Crippen LogP contribution >= 0.6 is 0 Å². The second-order valence-corrected chi connectivity index (χ2v) is 6.88. The molecule has 2 saturated heterocycles. The number of aromatic nitrogens is 1. The quantitative estimate of drug-likeness (QED) is 0.764. The number of pyridine rings is 1. The Balaban J connectivity index is 0.000000345. The fraction of sp³-hybridized carbons (Fsp3) is 0.579. The van der Waals surface area contributed by atoms with Gasteiger partial charge in [-0.3, -0.25) is 9.88 Å². The Kier molecular flexibility index (Phi) is 7.97. The van der Waals surface area contributed by atoms with Crippen LogP contribution in [0.5, 0.6) is 0 Å². The first-order chi connectivity index (χ1) is 13.2. The SMILES string of the molecule is C=CCOC1COC2(CCCN(Cc3ccccn3)C2)C1.O=C(O)C(F)(F)F. The summed E-state index contributed by atoms with van der Waals surface area (Å²) in [6, 6.07) is 6.10. The number of aliphatic carboxylic acids is 1. The maximum Gasteiger partial charge on any atom is 0.490 e. The fourth-order valence-corrected chi connectivity index (χ4v) is 3.44. The predicted molar refractivity (Wildman–Crippen MR) is 95.7 cm³/mol. The Morgan fingerprint density at radius 3 is 2.86 bits per heavy atom. The number of ether oxygens (including phenoxy) is 2. The van der Waals surface area contributed by atoms with E-state index in [0.717, 1.165) is 38.2 Å². The topological polar surface area (TPSA) is 71.9 Å². The van der Waals surface area contributed by atoms with E-state index in [9.17, 15) is 13.2 Å². The van der Waals surface area contributed by atoms with Crippen LogP contribution in [0.3, 0.4) is 0 Å². The molecule has 1 aromatic heterocycles. The summed E-state index contributed by atoms with van der Waals surface area (Å²) < 4.78 is 43.6. The van der Waals surface area contributed by atoms with Crippen LogP contribution in [0.1, 0.15) is 25.0 Å². The zero-order valence-electron chi connectivity index (χ0n) is 15.5. The van der Waals surface area contributed by atoms with Gasteiger partial charge in [0.15, 0.2) is 0 Å². The van der Waals surface area contributed by atoms with Gasteiger partial charge < -0.3 is 14.6 Å². The lowest BCUT2D eigenvalue weighted by molar-refractivity contribution is -0.192. The van der Waals surface area contributed by atoms with Crippen LogP contribution in [0.2, 0.25) is 0 Å². The summed E-state index contributed by atoms with van der Waals surface area (Å²) in [5.41, 5.74) is 1.12. The van der Waals surface area contributed by atoms with Crippen molar-refractivity contribution < 1.29 is 32.5 Å². The average Bonchev–Trinajstić information content (AvgIpc) is 3.02. The van der Waals surface area contributed by atoms with Crippen LogP contribution in [-0.2, 0) is 20.8 Å². The van der Waals surface area contributed by atoms with E-state index in [1.807, 2.05) is 18.3 Å². The Labute approximate surface area is 162 Å². The normalized spacial score (nSPS) is 25.2. The molecule has 0 aliphatic carbocycles. The highest BCUT2D eigenvalue weighted by Gasteiger charge is 2.43. The zero-order valence-corrected chi connectivity index (χ0v) is 15.5. The molecule has 0 aromatic carbocycles. The third kappa shape index (κ3) is 6.88. The Bertz CT molecular complexity index is 642. The minimum atomic E-state index is -5.08. The van der Waals surface area contributed by atoms with Gasteiger partial charge in [0.25, 0.3) is 0 Å². The molecule has 2 atom stereocenters.